The number of amides is 6. The first kappa shape index (κ1) is 82.5. The summed E-state index contributed by atoms with van der Waals surface area (Å²) >= 11 is 0. The summed E-state index contributed by atoms with van der Waals surface area (Å²) in [5.41, 5.74) is 14.7. The van der Waals surface area contributed by atoms with Gasteiger partial charge in [-0.3, -0.25) is 24.2 Å². The Morgan fingerprint density at radius 1 is 0.526 bits per heavy atom. The van der Waals surface area contributed by atoms with Crippen LogP contribution in [0.15, 0.2) is 60.8 Å². The Kier molecular flexibility index (Phi) is 39.5. The second-order valence-electron chi connectivity index (χ2n) is 23.7. The molecule has 0 bridgehead atoms. The monoisotopic (exact) mass is 1370 g/mol. The van der Waals surface area contributed by atoms with E-state index >= 15 is 0 Å². The highest BCUT2D eigenvalue weighted by Gasteiger charge is 2.25. The zero-order chi connectivity index (χ0) is 71.4. The van der Waals surface area contributed by atoms with E-state index < -0.39 is 59.2 Å². The fourth-order valence-corrected chi connectivity index (χ4v) is 8.40. The smallest absolute Gasteiger partial charge is 0.407 e. The number of nitrogens with one attached hydrogen (secondary N) is 7. The quantitative estimate of drug-likeness (QED) is 0.0166. The lowest BCUT2D eigenvalue weighted by molar-refractivity contribution is -0.144. The van der Waals surface area contributed by atoms with Crippen molar-refractivity contribution in [2.24, 2.45) is 0 Å². The number of nitrogen functional groups attached to an aromatic ring is 2. The van der Waals surface area contributed by atoms with Crippen molar-refractivity contribution in [1.29, 1.82) is 0 Å². The molecule has 540 valence electrons. The van der Waals surface area contributed by atoms with Gasteiger partial charge < -0.3 is 101 Å². The van der Waals surface area contributed by atoms with Crippen molar-refractivity contribution in [2.75, 3.05) is 155 Å². The van der Waals surface area contributed by atoms with Crippen LogP contribution < -0.4 is 53.6 Å². The second-order valence-corrected chi connectivity index (χ2v) is 23.7. The molecule has 4 rings (SSSR count). The highest BCUT2D eigenvalue weighted by Crippen LogP contribution is 2.21. The van der Waals surface area contributed by atoms with Gasteiger partial charge in [-0.1, -0.05) is 0 Å². The molecule has 11 N–H and O–H groups in total. The summed E-state index contributed by atoms with van der Waals surface area (Å²) in [6.07, 6.45) is 3.53. The Labute approximate surface area is 568 Å². The summed E-state index contributed by atoms with van der Waals surface area (Å²) in [4.78, 5) is 113. The largest absolute Gasteiger partial charge is 0.467 e. The molecular formula is C66H103N13O18. The maximum absolute atomic E-state index is 13.0. The van der Waals surface area contributed by atoms with Gasteiger partial charge in [0.15, 0.2) is 5.82 Å². The van der Waals surface area contributed by atoms with Gasteiger partial charge in [-0.2, -0.15) is 0 Å². The first-order valence-corrected chi connectivity index (χ1v) is 32.3. The molecule has 2 atom stereocenters. The molecular weight excluding hydrogens is 1260 g/mol. The minimum absolute atomic E-state index is 0.00750. The number of pyridine rings is 1. The van der Waals surface area contributed by atoms with Crippen LogP contribution in [0.2, 0.25) is 0 Å². The molecule has 31 heteroatoms. The number of methoxy groups -OCH3 is 2. The number of rotatable bonds is 44. The number of benzene rings is 2. The van der Waals surface area contributed by atoms with Gasteiger partial charge in [0.2, 0.25) is 11.8 Å². The van der Waals surface area contributed by atoms with Crippen molar-refractivity contribution in [2.45, 2.75) is 123 Å². The molecule has 0 saturated heterocycles. The number of alkyl carbamates (subject to hydrolysis) is 2. The lowest BCUT2D eigenvalue weighted by atomic mass is 10.1. The van der Waals surface area contributed by atoms with E-state index in [9.17, 15) is 38.4 Å². The molecule has 0 aliphatic rings. The molecule has 0 saturated carbocycles. The fraction of sp³-hybridized carbons (Fsp3) is 0.591. The van der Waals surface area contributed by atoms with E-state index in [2.05, 4.69) is 52.2 Å². The Hall–Kier alpha value is -8.75. The number of hydrogen-bond donors (Lipinski definition) is 9. The average Bonchev–Trinajstić information content (AvgIpc) is 0.824. The first-order valence-electron chi connectivity index (χ1n) is 32.3. The maximum Gasteiger partial charge on any atom is 0.407 e. The zero-order valence-corrected chi connectivity index (χ0v) is 57.9. The van der Waals surface area contributed by atoms with Gasteiger partial charge >= 0.3 is 24.1 Å². The Morgan fingerprint density at radius 2 is 0.907 bits per heavy atom. The fourth-order valence-electron chi connectivity index (χ4n) is 8.40. The van der Waals surface area contributed by atoms with Crippen LogP contribution in [0.1, 0.15) is 119 Å². The van der Waals surface area contributed by atoms with Crippen molar-refractivity contribution in [1.82, 2.24) is 46.9 Å². The van der Waals surface area contributed by atoms with E-state index in [0.717, 1.165) is 11.4 Å². The van der Waals surface area contributed by atoms with Gasteiger partial charge in [0.1, 0.15) is 34.6 Å². The number of hydrogen-bond acceptors (Lipinski definition) is 25. The second kappa shape index (κ2) is 46.4. The number of carbonyl (C=O) groups excluding carboxylic acids is 8. The standard InChI is InChI=1S/C37H55N9O9.C29H48N4O9/c1-37(2,3)55-36(50)41-15-7-17-53-19-21-54-20-18-52-16-6-14-40-31(47)13-12-28(35(49)51-5)44-34(48)25-8-10-27(11-9-25)46(4)24-26-23-42-29-22-30(38)45-33(39)32(29)43-26;1-29(2,3)42-28(37)32-15-7-17-40-19-21-41-20-18-39-16-6-14-31-25(34)13-12-24(27(36)38-5)33-26(35)22-8-10-23(30-4)11-9-22/h8-11,22-23,28H,6-7,12-21,24H2,1-5H3,(H,40,47)(H,41,50)(H,44,48)(H4,38,39,45);8-11,24,30H,6-7,12-21H2,1-5H3,(H,31,34)(H,32,37)(H,33,35). The highest BCUT2D eigenvalue weighted by molar-refractivity contribution is 5.98. The minimum atomic E-state index is -1.01. The summed E-state index contributed by atoms with van der Waals surface area (Å²) in [6.45, 7) is 18.3. The summed E-state index contributed by atoms with van der Waals surface area (Å²) in [5.74, 6) is -2.20. The molecule has 0 spiro atoms. The average molecular weight is 1370 g/mol. The molecule has 0 aliphatic carbocycles. The third kappa shape index (κ3) is 37.4. The van der Waals surface area contributed by atoms with Gasteiger partial charge in [0.25, 0.3) is 11.8 Å². The van der Waals surface area contributed by atoms with Gasteiger partial charge in [-0.05, 0) is 129 Å². The van der Waals surface area contributed by atoms with E-state index in [1.165, 1.54) is 14.2 Å². The first-order chi connectivity index (χ1) is 46.3. The lowest BCUT2D eigenvalue weighted by Gasteiger charge is -2.20. The van der Waals surface area contributed by atoms with Gasteiger partial charge in [-0.15, -0.1) is 0 Å². The van der Waals surface area contributed by atoms with Gasteiger partial charge in [0.05, 0.1) is 91.0 Å². The maximum atomic E-state index is 13.0. The molecule has 97 heavy (non-hydrogen) atoms. The van der Waals surface area contributed by atoms with E-state index in [0.29, 0.717) is 166 Å². The van der Waals surface area contributed by atoms with Crippen LogP contribution in [0.5, 0.6) is 0 Å². The predicted molar refractivity (Wildman–Crippen MR) is 364 cm³/mol. The Morgan fingerprint density at radius 3 is 1.29 bits per heavy atom. The SMILES string of the molecule is CNc1ccc(C(=O)NC(CCC(=O)NCCCOCCOCCOCCCNC(=O)OC(C)(C)C)C(=O)OC)cc1.COC(=O)C(CCC(=O)NCCCOCCOCCOCCCNC(=O)OC(C)(C)C)NC(=O)c1ccc(N(C)Cc2cnc3cc(N)nc(N)c3n2)cc1. The Balaban J connectivity index is 0.000000525. The van der Waals surface area contributed by atoms with Crippen molar-refractivity contribution in [3.8, 4) is 0 Å². The predicted octanol–water partition coefficient (Wildman–Crippen LogP) is 4.60. The van der Waals surface area contributed by atoms with Crippen molar-refractivity contribution < 1.29 is 85.7 Å². The summed E-state index contributed by atoms with van der Waals surface area (Å²) in [6, 6.07) is 13.3. The van der Waals surface area contributed by atoms with Crippen molar-refractivity contribution in [3.63, 3.8) is 0 Å². The number of anilines is 4. The number of carbonyl (C=O) groups is 8. The van der Waals surface area contributed by atoms with Crippen LogP contribution in [-0.4, -0.2) is 220 Å². The zero-order valence-electron chi connectivity index (χ0n) is 57.9. The molecule has 31 nitrogen and oxygen atoms in total. The van der Waals surface area contributed by atoms with Crippen LogP contribution in [0, 0.1) is 0 Å². The summed E-state index contributed by atoms with van der Waals surface area (Å²) in [5, 5.41) is 19.2. The molecule has 2 aromatic carbocycles. The van der Waals surface area contributed by atoms with Crippen LogP contribution >= 0.6 is 0 Å². The normalized spacial score (nSPS) is 11.8. The number of aromatic nitrogens is 3. The number of ether oxygens (including phenoxy) is 10. The van der Waals surface area contributed by atoms with Crippen molar-refractivity contribution >= 4 is 81.8 Å². The number of nitrogens with two attached hydrogens (primary N) is 2. The third-order valence-corrected chi connectivity index (χ3v) is 13.3. The molecule has 4 aromatic rings. The van der Waals surface area contributed by atoms with E-state index in [1.807, 2.05) is 53.5 Å². The lowest BCUT2D eigenvalue weighted by Crippen LogP contribution is -2.42. The summed E-state index contributed by atoms with van der Waals surface area (Å²) in [7, 11) is 6.10. The molecule has 2 heterocycles. The molecule has 0 radical (unpaired) electrons. The number of fused-ring (bicyclic) bond motifs is 1. The Bertz CT molecular complexity index is 3010. The van der Waals surface area contributed by atoms with Crippen molar-refractivity contribution in [3.05, 3.63) is 77.6 Å². The molecule has 2 aromatic heterocycles. The van der Waals surface area contributed by atoms with E-state index in [4.69, 9.17) is 58.8 Å². The number of esters is 2. The topological polar surface area (TPSA) is 407 Å². The van der Waals surface area contributed by atoms with Gasteiger partial charge in [-0.25, -0.2) is 29.1 Å². The van der Waals surface area contributed by atoms with Crippen LogP contribution in [0.4, 0.5) is 32.6 Å². The molecule has 6 amide bonds. The van der Waals surface area contributed by atoms with Crippen LogP contribution in [0.3, 0.4) is 0 Å². The summed E-state index contributed by atoms with van der Waals surface area (Å²) < 4.78 is 52.8. The van der Waals surface area contributed by atoms with E-state index in [-0.39, 0.29) is 49.1 Å². The third-order valence-electron chi connectivity index (χ3n) is 13.3. The number of nitrogens with zero attached hydrogens (tertiary/aromatic N) is 4. The van der Waals surface area contributed by atoms with Crippen LogP contribution in [-0.2, 0) is 73.1 Å². The molecule has 0 fully saturated rings. The molecule has 2 unspecified atom stereocenters. The van der Waals surface area contributed by atoms with Crippen LogP contribution in [0.25, 0.3) is 11.0 Å². The minimum Gasteiger partial charge on any atom is -0.467 e. The van der Waals surface area contributed by atoms with E-state index in [1.54, 1.807) is 67.8 Å². The van der Waals surface area contributed by atoms with Gasteiger partial charge in [0, 0.05) is 108 Å². The highest BCUT2D eigenvalue weighted by atomic mass is 16.6. The molecule has 0 aliphatic heterocycles.